The quantitative estimate of drug-likeness (QED) is 0.503. The lowest BCUT2D eigenvalue weighted by atomic mass is 10.3. The molecule has 0 aromatic rings. The summed E-state index contributed by atoms with van der Waals surface area (Å²) in [6.07, 6.45) is -0.208. The molecule has 1 N–H and O–H groups in total. The van der Waals surface area contributed by atoms with Crippen molar-refractivity contribution in [1.82, 2.24) is 5.32 Å². The molecule has 2 bridgehead atoms. The molecule has 0 amide bonds. The van der Waals surface area contributed by atoms with Crippen LogP contribution in [0, 0.1) is 0 Å². The Hall–Kier alpha value is -0.130. The molecule has 0 aromatic carbocycles. The van der Waals surface area contributed by atoms with Gasteiger partial charge in [0.05, 0.1) is 23.7 Å². The van der Waals surface area contributed by atoms with Crippen molar-refractivity contribution in [2.75, 3.05) is 24.6 Å². The average Bonchev–Trinajstić information content (AvgIpc) is 1.82. The SMILES string of the molecule is O=S1(=O)CC2CNCC(C1)O2. The molecule has 4 nitrogen and oxygen atoms in total. The minimum absolute atomic E-state index is 0.104. The van der Waals surface area contributed by atoms with Gasteiger partial charge in [-0.25, -0.2) is 8.42 Å². The van der Waals surface area contributed by atoms with Gasteiger partial charge in [0.2, 0.25) is 0 Å². The molecule has 0 spiro atoms. The molecule has 2 rings (SSSR count). The number of sulfone groups is 1. The van der Waals surface area contributed by atoms with Gasteiger partial charge in [-0.15, -0.1) is 0 Å². The zero-order valence-electron chi connectivity index (χ0n) is 6.12. The van der Waals surface area contributed by atoms with Gasteiger partial charge in [-0.3, -0.25) is 0 Å². The first-order valence-electron chi connectivity index (χ1n) is 3.72. The standard InChI is InChI=1S/C6H11NO3S/c8-11(9)3-5-1-7-2-6(4-11)10-5/h5-7H,1-4H2. The Bertz CT molecular complexity index is 231. The van der Waals surface area contributed by atoms with E-state index >= 15 is 0 Å². The predicted octanol–water partition coefficient (Wildman–Crippen LogP) is -1.23. The summed E-state index contributed by atoms with van der Waals surface area (Å²) in [5, 5.41) is 3.14. The van der Waals surface area contributed by atoms with E-state index in [2.05, 4.69) is 5.32 Å². The first-order valence-corrected chi connectivity index (χ1v) is 5.54. The fourth-order valence-corrected chi connectivity index (χ4v) is 3.27. The molecule has 2 aliphatic rings. The number of hydrogen-bond acceptors (Lipinski definition) is 4. The topological polar surface area (TPSA) is 55.4 Å². The lowest BCUT2D eigenvalue weighted by molar-refractivity contribution is -0.0204. The smallest absolute Gasteiger partial charge is 0.155 e. The van der Waals surface area contributed by atoms with E-state index in [-0.39, 0.29) is 23.7 Å². The summed E-state index contributed by atoms with van der Waals surface area (Å²) in [5.74, 6) is 0.382. The monoisotopic (exact) mass is 177 g/mol. The minimum Gasteiger partial charge on any atom is -0.370 e. The highest BCUT2D eigenvalue weighted by atomic mass is 32.2. The third kappa shape index (κ3) is 1.55. The van der Waals surface area contributed by atoms with Gasteiger partial charge in [-0.05, 0) is 0 Å². The van der Waals surface area contributed by atoms with E-state index in [4.69, 9.17) is 4.74 Å². The summed E-state index contributed by atoms with van der Waals surface area (Å²) in [6.45, 7) is 1.35. The second kappa shape index (κ2) is 2.43. The molecule has 64 valence electrons. The molecule has 0 saturated carbocycles. The van der Waals surface area contributed by atoms with E-state index in [1.807, 2.05) is 0 Å². The average molecular weight is 177 g/mol. The van der Waals surface area contributed by atoms with Gasteiger partial charge in [0, 0.05) is 13.1 Å². The Balaban J connectivity index is 2.18. The molecule has 2 heterocycles. The van der Waals surface area contributed by atoms with Crippen LogP contribution in [-0.2, 0) is 14.6 Å². The van der Waals surface area contributed by atoms with Crippen LogP contribution in [0.1, 0.15) is 0 Å². The Morgan fingerprint density at radius 1 is 1.18 bits per heavy atom. The second-order valence-electron chi connectivity index (χ2n) is 3.12. The van der Waals surface area contributed by atoms with Crippen molar-refractivity contribution in [2.45, 2.75) is 12.2 Å². The summed E-state index contributed by atoms with van der Waals surface area (Å²) < 4.78 is 27.7. The molecule has 0 aromatic heterocycles. The number of hydrogen-bond donors (Lipinski definition) is 1. The number of ether oxygens (including phenoxy) is 1. The maximum absolute atomic E-state index is 11.2. The van der Waals surface area contributed by atoms with Crippen LogP contribution in [0.25, 0.3) is 0 Å². The lowest BCUT2D eigenvalue weighted by Gasteiger charge is -2.34. The highest BCUT2D eigenvalue weighted by Gasteiger charge is 2.34. The fourth-order valence-electron chi connectivity index (χ4n) is 1.60. The molecular formula is C6H11NO3S. The van der Waals surface area contributed by atoms with Crippen LogP contribution in [0.15, 0.2) is 0 Å². The fraction of sp³-hybridized carbons (Fsp3) is 1.00. The molecule has 5 heteroatoms. The van der Waals surface area contributed by atoms with Gasteiger partial charge in [0.15, 0.2) is 9.84 Å². The van der Waals surface area contributed by atoms with E-state index in [0.29, 0.717) is 13.1 Å². The van der Waals surface area contributed by atoms with Gasteiger partial charge < -0.3 is 10.1 Å². The molecular weight excluding hydrogens is 166 g/mol. The van der Waals surface area contributed by atoms with Crippen LogP contribution in [-0.4, -0.2) is 45.2 Å². The number of rotatable bonds is 0. The molecule has 2 fully saturated rings. The molecule has 11 heavy (non-hydrogen) atoms. The van der Waals surface area contributed by atoms with Crippen molar-refractivity contribution in [3.63, 3.8) is 0 Å². The second-order valence-corrected chi connectivity index (χ2v) is 5.27. The molecule has 2 unspecified atom stereocenters. The maximum atomic E-state index is 11.2. The lowest BCUT2D eigenvalue weighted by Crippen LogP contribution is -2.54. The zero-order chi connectivity index (χ0) is 7.90. The van der Waals surface area contributed by atoms with E-state index in [0.717, 1.165) is 0 Å². The van der Waals surface area contributed by atoms with Crippen LogP contribution in [0.2, 0.25) is 0 Å². The Labute approximate surface area is 65.8 Å². The summed E-state index contributed by atoms with van der Waals surface area (Å²) in [7, 11) is -2.81. The van der Waals surface area contributed by atoms with Crippen LogP contribution in [0.5, 0.6) is 0 Å². The Morgan fingerprint density at radius 3 is 2.27 bits per heavy atom. The van der Waals surface area contributed by atoms with E-state index in [1.54, 1.807) is 0 Å². The summed E-state index contributed by atoms with van der Waals surface area (Å²) in [5.41, 5.74) is 0. The van der Waals surface area contributed by atoms with Crippen molar-refractivity contribution >= 4 is 9.84 Å². The van der Waals surface area contributed by atoms with Gasteiger partial charge in [-0.2, -0.15) is 0 Å². The van der Waals surface area contributed by atoms with Gasteiger partial charge in [-0.1, -0.05) is 0 Å². The Morgan fingerprint density at radius 2 is 1.73 bits per heavy atom. The first kappa shape index (κ1) is 7.52. The van der Waals surface area contributed by atoms with Gasteiger partial charge >= 0.3 is 0 Å². The number of morpholine rings is 1. The highest BCUT2D eigenvalue weighted by molar-refractivity contribution is 7.91. The molecule has 2 aliphatic heterocycles. The van der Waals surface area contributed by atoms with Crippen LogP contribution in [0.3, 0.4) is 0 Å². The van der Waals surface area contributed by atoms with Gasteiger partial charge in [0.1, 0.15) is 0 Å². The number of fused-ring (bicyclic) bond motifs is 2. The summed E-state index contributed by atoms with van der Waals surface area (Å²) in [4.78, 5) is 0. The molecule has 0 aliphatic carbocycles. The van der Waals surface area contributed by atoms with Crippen molar-refractivity contribution in [3.05, 3.63) is 0 Å². The van der Waals surface area contributed by atoms with Crippen molar-refractivity contribution in [3.8, 4) is 0 Å². The molecule has 2 saturated heterocycles. The molecule has 0 radical (unpaired) electrons. The van der Waals surface area contributed by atoms with Crippen molar-refractivity contribution in [2.24, 2.45) is 0 Å². The van der Waals surface area contributed by atoms with E-state index in [1.165, 1.54) is 0 Å². The maximum Gasteiger partial charge on any atom is 0.155 e. The normalized spacial score (nSPS) is 41.8. The third-order valence-electron chi connectivity index (χ3n) is 2.01. The largest absolute Gasteiger partial charge is 0.370 e. The van der Waals surface area contributed by atoms with E-state index in [9.17, 15) is 8.42 Å². The highest BCUT2D eigenvalue weighted by Crippen LogP contribution is 2.15. The van der Waals surface area contributed by atoms with Crippen LogP contribution < -0.4 is 5.32 Å². The first-order chi connectivity index (χ1) is 5.16. The minimum atomic E-state index is -2.81. The van der Waals surface area contributed by atoms with Crippen LogP contribution >= 0.6 is 0 Å². The van der Waals surface area contributed by atoms with E-state index < -0.39 is 9.84 Å². The predicted molar refractivity (Wildman–Crippen MR) is 40.2 cm³/mol. The Kier molecular flexibility index (Phi) is 1.66. The number of nitrogens with one attached hydrogen (secondary N) is 1. The summed E-state index contributed by atoms with van der Waals surface area (Å²) in [6, 6.07) is 0. The van der Waals surface area contributed by atoms with Crippen LogP contribution in [0.4, 0.5) is 0 Å². The summed E-state index contributed by atoms with van der Waals surface area (Å²) >= 11 is 0. The third-order valence-corrected chi connectivity index (χ3v) is 3.77. The zero-order valence-corrected chi connectivity index (χ0v) is 6.93. The van der Waals surface area contributed by atoms with Crippen molar-refractivity contribution < 1.29 is 13.2 Å². The van der Waals surface area contributed by atoms with Gasteiger partial charge in [0.25, 0.3) is 0 Å². The molecule has 2 atom stereocenters. The van der Waals surface area contributed by atoms with Crippen molar-refractivity contribution in [1.29, 1.82) is 0 Å².